The molecule has 1 fully saturated rings. The first kappa shape index (κ1) is 17.5. The van der Waals surface area contributed by atoms with Crippen LogP contribution in [0.1, 0.15) is 30.8 Å². The maximum Gasteiger partial charge on any atom is 0.229 e. The fraction of sp³-hybridized carbons (Fsp3) is 0.400. The number of anilines is 3. The van der Waals surface area contributed by atoms with Crippen molar-refractivity contribution < 1.29 is 4.42 Å². The maximum absolute atomic E-state index is 5.53. The van der Waals surface area contributed by atoms with Crippen molar-refractivity contribution in [3.05, 3.63) is 36.1 Å². The van der Waals surface area contributed by atoms with E-state index in [0.29, 0.717) is 22.3 Å². The number of rotatable bonds is 4. The topological polar surface area (TPSA) is 80.0 Å². The van der Waals surface area contributed by atoms with Crippen LogP contribution in [-0.4, -0.2) is 38.8 Å². The van der Waals surface area contributed by atoms with Crippen molar-refractivity contribution in [3.8, 4) is 11.5 Å². The van der Waals surface area contributed by atoms with Gasteiger partial charge in [-0.2, -0.15) is 4.98 Å². The quantitative estimate of drug-likeness (QED) is 0.705. The molecule has 4 heterocycles. The van der Waals surface area contributed by atoms with E-state index >= 15 is 0 Å². The Bertz CT molecular complexity index is 1030. The first-order valence-corrected chi connectivity index (χ1v) is 10.3. The molecule has 3 aromatic heterocycles. The number of thioether (sulfide) groups is 1. The van der Waals surface area contributed by atoms with Gasteiger partial charge in [-0.15, -0.1) is 11.8 Å². The van der Waals surface area contributed by atoms with Gasteiger partial charge in [-0.1, -0.05) is 6.42 Å². The van der Waals surface area contributed by atoms with Gasteiger partial charge in [-0.3, -0.25) is 4.98 Å². The standard InChI is InChI=1S/C20H22N6OS/c1-12-21-11-16(27-12)14-6-5-13(10-22-14)23-19-24-15-9-20(7-4-8-20)28-17(15)18(25-19)26(2)3/h5-6,10-11H,4,7-9H2,1-3H3,(H,23,24,25). The largest absolute Gasteiger partial charge is 0.439 e. The summed E-state index contributed by atoms with van der Waals surface area (Å²) >= 11 is 1.97. The van der Waals surface area contributed by atoms with E-state index in [1.807, 2.05) is 44.9 Å². The molecule has 0 radical (unpaired) electrons. The van der Waals surface area contributed by atoms with Crippen LogP contribution in [0.5, 0.6) is 0 Å². The van der Waals surface area contributed by atoms with E-state index in [9.17, 15) is 0 Å². The molecule has 1 saturated carbocycles. The number of aryl methyl sites for hydroxylation is 1. The van der Waals surface area contributed by atoms with E-state index < -0.39 is 0 Å². The molecule has 144 valence electrons. The number of hydrogen-bond acceptors (Lipinski definition) is 8. The Kier molecular flexibility index (Phi) is 4.04. The predicted octanol–water partition coefficient (Wildman–Crippen LogP) is 4.22. The zero-order valence-electron chi connectivity index (χ0n) is 16.2. The van der Waals surface area contributed by atoms with Gasteiger partial charge in [0.05, 0.1) is 28.7 Å². The van der Waals surface area contributed by atoms with Crippen LogP contribution in [-0.2, 0) is 6.42 Å². The first-order chi connectivity index (χ1) is 13.5. The molecule has 1 spiro atoms. The van der Waals surface area contributed by atoms with Gasteiger partial charge in [0.15, 0.2) is 11.7 Å². The summed E-state index contributed by atoms with van der Waals surface area (Å²) in [5, 5.41) is 3.31. The third kappa shape index (κ3) is 3.01. The van der Waals surface area contributed by atoms with Crippen LogP contribution in [0.4, 0.5) is 17.5 Å². The molecule has 7 nitrogen and oxygen atoms in total. The van der Waals surface area contributed by atoms with E-state index in [1.165, 1.54) is 24.2 Å². The van der Waals surface area contributed by atoms with Gasteiger partial charge in [0, 0.05) is 32.2 Å². The van der Waals surface area contributed by atoms with Crippen LogP contribution >= 0.6 is 11.8 Å². The summed E-state index contributed by atoms with van der Waals surface area (Å²) in [7, 11) is 4.07. The van der Waals surface area contributed by atoms with Gasteiger partial charge in [0.2, 0.25) is 5.95 Å². The molecule has 1 N–H and O–H groups in total. The third-order valence-corrected chi connectivity index (χ3v) is 6.92. The van der Waals surface area contributed by atoms with Gasteiger partial charge in [0.25, 0.3) is 0 Å². The van der Waals surface area contributed by atoms with E-state index in [-0.39, 0.29) is 0 Å². The maximum atomic E-state index is 5.53. The highest BCUT2D eigenvalue weighted by molar-refractivity contribution is 8.01. The predicted molar refractivity (Wildman–Crippen MR) is 110 cm³/mol. The van der Waals surface area contributed by atoms with Crippen molar-refractivity contribution in [1.29, 1.82) is 0 Å². The molecular weight excluding hydrogens is 372 g/mol. The second-order valence-electron chi connectivity index (χ2n) is 7.66. The average molecular weight is 395 g/mol. The van der Waals surface area contributed by atoms with Crippen LogP contribution in [0.25, 0.3) is 11.5 Å². The molecule has 0 saturated heterocycles. The van der Waals surface area contributed by atoms with Crippen molar-refractivity contribution in [3.63, 3.8) is 0 Å². The summed E-state index contributed by atoms with van der Waals surface area (Å²) in [4.78, 5) is 21.5. The highest BCUT2D eigenvalue weighted by Gasteiger charge is 2.45. The zero-order chi connectivity index (χ0) is 19.3. The van der Waals surface area contributed by atoms with Crippen molar-refractivity contribution in [2.45, 2.75) is 42.2 Å². The van der Waals surface area contributed by atoms with E-state index in [2.05, 4.69) is 20.2 Å². The monoisotopic (exact) mass is 394 g/mol. The second kappa shape index (κ2) is 6.48. The molecule has 5 rings (SSSR count). The van der Waals surface area contributed by atoms with Crippen molar-refractivity contribution in [1.82, 2.24) is 19.9 Å². The van der Waals surface area contributed by atoms with Crippen LogP contribution in [0.15, 0.2) is 33.8 Å². The summed E-state index contributed by atoms with van der Waals surface area (Å²) < 4.78 is 5.89. The highest BCUT2D eigenvalue weighted by atomic mass is 32.2. The minimum Gasteiger partial charge on any atom is -0.439 e. The molecular formula is C20H22N6OS. The Morgan fingerprint density at radius 3 is 2.61 bits per heavy atom. The Balaban J connectivity index is 1.41. The Hall–Kier alpha value is -2.61. The summed E-state index contributed by atoms with van der Waals surface area (Å²) in [5.41, 5.74) is 2.75. The summed E-state index contributed by atoms with van der Waals surface area (Å²) in [5.74, 6) is 2.90. The van der Waals surface area contributed by atoms with Gasteiger partial charge < -0.3 is 14.6 Å². The Labute approximate surface area is 168 Å². The van der Waals surface area contributed by atoms with Crippen LogP contribution in [0.2, 0.25) is 0 Å². The number of hydrogen-bond donors (Lipinski definition) is 1. The fourth-order valence-corrected chi connectivity index (χ4v) is 5.39. The molecule has 0 atom stereocenters. The molecule has 0 bridgehead atoms. The molecule has 28 heavy (non-hydrogen) atoms. The van der Waals surface area contributed by atoms with Gasteiger partial charge >= 0.3 is 0 Å². The van der Waals surface area contributed by atoms with Gasteiger partial charge in [-0.05, 0) is 25.0 Å². The van der Waals surface area contributed by atoms with E-state index in [4.69, 9.17) is 14.4 Å². The lowest BCUT2D eigenvalue weighted by Gasteiger charge is -2.36. The van der Waals surface area contributed by atoms with Crippen molar-refractivity contribution in [2.24, 2.45) is 0 Å². The summed E-state index contributed by atoms with van der Waals surface area (Å²) in [6, 6.07) is 3.86. The Morgan fingerprint density at radius 2 is 2.00 bits per heavy atom. The van der Waals surface area contributed by atoms with Crippen molar-refractivity contribution in [2.75, 3.05) is 24.3 Å². The number of nitrogens with one attached hydrogen (secondary N) is 1. The lowest BCUT2D eigenvalue weighted by atomic mass is 9.81. The lowest BCUT2D eigenvalue weighted by molar-refractivity contribution is 0.365. The number of fused-ring (bicyclic) bond motifs is 1. The minimum absolute atomic E-state index is 0.360. The fourth-order valence-electron chi connectivity index (χ4n) is 3.70. The summed E-state index contributed by atoms with van der Waals surface area (Å²) in [6.07, 6.45) is 8.35. The number of nitrogens with zero attached hydrogens (tertiary/aromatic N) is 5. The molecule has 2 aliphatic rings. The molecule has 0 unspecified atom stereocenters. The lowest BCUT2D eigenvalue weighted by Crippen LogP contribution is -2.32. The number of oxazole rings is 1. The van der Waals surface area contributed by atoms with Gasteiger partial charge in [0.1, 0.15) is 11.5 Å². The van der Waals surface area contributed by atoms with Crippen LogP contribution in [0.3, 0.4) is 0 Å². The SMILES string of the molecule is Cc1ncc(-c2ccc(Nc3nc4c(c(N(C)C)n3)SC3(CCC3)C4)cn2)o1. The van der Waals surface area contributed by atoms with Crippen LogP contribution < -0.4 is 10.2 Å². The minimum atomic E-state index is 0.360. The molecule has 3 aromatic rings. The van der Waals surface area contributed by atoms with Crippen molar-refractivity contribution >= 4 is 29.2 Å². The number of aromatic nitrogens is 4. The second-order valence-corrected chi connectivity index (χ2v) is 9.14. The molecule has 0 aromatic carbocycles. The summed E-state index contributed by atoms with van der Waals surface area (Å²) in [6.45, 7) is 1.82. The Morgan fingerprint density at radius 1 is 1.14 bits per heavy atom. The molecule has 8 heteroatoms. The zero-order valence-corrected chi connectivity index (χ0v) is 17.0. The third-order valence-electron chi connectivity index (χ3n) is 5.31. The highest BCUT2D eigenvalue weighted by Crippen LogP contribution is 2.57. The van der Waals surface area contributed by atoms with E-state index in [0.717, 1.165) is 29.3 Å². The van der Waals surface area contributed by atoms with Crippen LogP contribution in [0, 0.1) is 6.92 Å². The molecule has 0 amide bonds. The smallest absolute Gasteiger partial charge is 0.229 e. The normalized spacial score (nSPS) is 16.7. The molecule has 1 aliphatic heterocycles. The average Bonchev–Trinajstić information content (AvgIpc) is 3.25. The molecule has 1 aliphatic carbocycles. The van der Waals surface area contributed by atoms with E-state index in [1.54, 1.807) is 12.4 Å². The number of pyridine rings is 1. The first-order valence-electron chi connectivity index (χ1n) is 9.44. The van der Waals surface area contributed by atoms with Gasteiger partial charge in [-0.25, -0.2) is 9.97 Å².